The summed E-state index contributed by atoms with van der Waals surface area (Å²) >= 11 is -0.826. The molecule has 8 fully saturated rings. The van der Waals surface area contributed by atoms with Crippen molar-refractivity contribution >= 4 is 17.0 Å². The second kappa shape index (κ2) is 8.05. The zero-order valence-corrected chi connectivity index (χ0v) is 22.1. The Balaban J connectivity index is 0.000000573. The van der Waals surface area contributed by atoms with E-state index in [1.165, 1.54) is 38.5 Å². The summed E-state index contributed by atoms with van der Waals surface area (Å²) in [7, 11) is 9.87. The summed E-state index contributed by atoms with van der Waals surface area (Å²) in [6.45, 7) is 10.0. The van der Waals surface area contributed by atoms with Gasteiger partial charge in [-0.1, -0.05) is 27.7 Å². The molecule has 8 saturated carbocycles. The second-order valence-corrected chi connectivity index (χ2v) is 14.9. The molecule has 8 rings (SSSR count). The second-order valence-electron chi connectivity index (χ2n) is 11.2. The van der Waals surface area contributed by atoms with Gasteiger partial charge in [-0.2, -0.15) is 0 Å². The van der Waals surface area contributed by atoms with E-state index in [-0.39, 0.29) is 0 Å². The summed E-state index contributed by atoms with van der Waals surface area (Å²) < 4.78 is 0. The first kappa shape index (κ1) is 22.3. The maximum absolute atomic E-state index is 4.93. The molecule has 0 nitrogen and oxygen atoms in total. The molecule has 152 valence electrons. The van der Waals surface area contributed by atoms with Gasteiger partial charge in [0.25, 0.3) is 0 Å². The van der Waals surface area contributed by atoms with Crippen LogP contribution in [0.25, 0.3) is 0 Å². The molecule has 0 aromatic heterocycles. The van der Waals surface area contributed by atoms with Crippen molar-refractivity contribution in [3.8, 4) is 0 Å². The zero-order chi connectivity index (χ0) is 20.6. The Morgan fingerprint density at radius 1 is 0.759 bits per heavy atom. The number of rotatable bonds is 3. The molecule has 8 aliphatic rings. The Morgan fingerprint density at radius 3 is 1.48 bits per heavy atom. The molecular formula is C26H32Cl2Zr+2. The molecule has 8 aliphatic carbocycles. The third-order valence-corrected chi connectivity index (χ3v) is 9.59. The fourth-order valence-electron chi connectivity index (χ4n) is 7.37. The Kier molecular flexibility index (Phi) is 6.18. The van der Waals surface area contributed by atoms with Gasteiger partial charge in [-0.3, -0.25) is 0 Å². The standard InChI is InChI=1S/C26H32.2ClH.Zr/c1-25(2)19-11-17-9-7-15(23(17)21(25)13-19)5-6-16-8-10-18-12-20-14-22(24(16)18)26(20,3)4;;;/h7-10,19-22H,5-6,11-14H2,1-4H3;2*1H;/q;;;+4/p-2/t19-,20-,21-,22-;;;/m0.../s1. The van der Waals surface area contributed by atoms with Crippen molar-refractivity contribution in [2.24, 2.45) is 34.5 Å². The Hall–Kier alpha value is 1.46. The van der Waals surface area contributed by atoms with E-state index in [0.717, 1.165) is 23.7 Å². The van der Waals surface area contributed by atoms with Gasteiger partial charge in [0.05, 0.1) is 0 Å². The van der Waals surface area contributed by atoms with Crippen molar-refractivity contribution in [1.82, 2.24) is 0 Å². The Labute approximate surface area is 198 Å². The van der Waals surface area contributed by atoms with Crippen molar-refractivity contribution in [1.29, 1.82) is 0 Å². The van der Waals surface area contributed by atoms with Crippen molar-refractivity contribution in [3.05, 3.63) is 61.2 Å². The molecule has 0 N–H and O–H groups in total. The van der Waals surface area contributed by atoms with Gasteiger partial charge in [-0.15, -0.1) is 0 Å². The Morgan fingerprint density at radius 2 is 1.14 bits per heavy atom. The molecule has 0 unspecified atom stereocenters. The van der Waals surface area contributed by atoms with Crippen LogP contribution in [0.5, 0.6) is 0 Å². The predicted octanol–water partition coefficient (Wildman–Crippen LogP) is 7.57. The minimum absolute atomic E-state index is 0.542. The summed E-state index contributed by atoms with van der Waals surface area (Å²) in [6, 6.07) is 0. The third-order valence-electron chi connectivity index (χ3n) is 9.59. The van der Waals surface area contributed by atoms with E-state index >= 15 is 0 Å². The molecule has 0 aromatic carbocycles. The van der Waals surface area contributed by atoms with Gasteiger partial charge < -0.3 is 0 Å². The van der Waals surface area contributed by atoms with Crippen molar-refractivity contribution < 1.29 is 20.8 Å². The van der Waals surface area contributed by atoms with Gasteiger partial charge in [-0.05, 0) is 134 Å². The summed E-state index contributed by atoms with van der Waals surface area (Å²) in [5, 5.41) is 0. The van der Waals surface area contributed by atoms with Gasteiger partial charge in [0, 0.05) is 0 Å². The van der Waals surface area contributed by atoms with Gasteiger partial charge in [0.1, 0.15) is 0 Å². The minimum atomic E-state index is -0.826. The average Bonchev–Trinajstić information content (AvgIpc) is 3.30. The van der Waals surface area contributed by atoms with Gasteiger partial charge >= 0.3 is 37.9 Å². The van der Waals surface area contributed by atoms with E-state index in [1.54, 1.807) is 35.5 Å². The molecule has 0 aliphatic heterocycles. The van der Waals surface area contributed by atoms with Crippen LogP contribution in [-0.4, -0.2) is 0 Å². The fraction of sp³-hybridized carbons (Fsp3) is 0.615. The molecule has 10 radical (unpaired) electrons. The summed E-state index contributed by atoms with van der Waals surface area (Å²) in [5.41, 5.74) is 1.08. The molecule has 4 bridgehead atoms. The third kappa shape index (κ3) is 3.43. The normalized spacial score (nSPS) is 40.9. The van der Waals surface area contributed by atoms with E-state index in [0.29, 0.717) is 10.8 Å². The maximum atomic E-state index is 4.93. The monoisotopic (exact) mass is 504 g/mol. The van der Waals surface area contributed by atoms with E-state index in [4.69, 9.17) is 17.0 Å². The van der Waals surface area contributed by atoms with Crippen LogP contribution >= 0.6 is 17.0 Å². The van der Waals surface area contributed by atoms with Crippen LogP contribution in [0.1, 0.15) is 66.2 Å². The van der Waals surface area contributed by atoms with E-state index < -0.39 is 20.8 Å². The van der Waals surface area contributed by atoms with Gasteiger partial charge in [0.2, 0.25) is 0 Å². The van der Waals surface area contributed by atoms with E-state index in [9.17, 15) is 0 Å². The molecule has 0 aromatic rings. The molecule has 3 heteroatoms. The summed E-state index contributed by atoms with van der Waals surface area (Å²) in [4.78, 5) is 0. The van der Waals surface area contributed by atoms with Crippen LogP contribution in [0.2, 0.25) is 0 Å². The van der Waals surface area contributed by atoms with E-state index in [2.05, 4.69) is 53.4 Å². The number of halogens is 2. The first-order valence-electron chi connectivity index (χ1n) is 11.3. The topological polar surface area (TPSA) is 0 Å². The molecular weight excluding hydrogens is 474 g/mol. The van der Waals surface area contributed by atoms with Crippen LogP contribution in [0, 0.1) is 95.7 Å². The molecule has 0 spiro atoms. The number of hydrogen-bond acceptors (Lipinski definition) is 0. The SMILES string of the molecule is CC1(C)[C@H]2C[C]3[CH][CH][C](CC[C]4[CH][CH][C]5C[C@H]6C[C@@H]([C]45)C6(C)C)[C]3[C@@H]1C2.[Cl][Zr+2][Cl]. The van der Waals surface area contributed by atoms with Crippen LogP contribution in [-0.2, 0) is 20.8 Å². The fourth-order valence-corrected chi connectivity index (χ4v) is 7.37. The summed E-state index contributed by atoms with van der Waals surface area (Å²) in [5.74, 6) is 13.8. The average molecular weight is 507 g/mol. The molecule has 29 heavy (non-hydrogen) atoms. The van der Waals surface area contributed by atoms with E-state index in [1.807, 2.05) is 0 Å². The van der Waals surface area contributed by atoms with Crippen molar-refractivity contribution in [3.63, 3.8) is 0 Å². The van der Waals surface area contributed by atoms with Crippen LogP contribution in [0.4, 0.5) is 0 Å². The first-order valence-corrected chi connectivity index (χ1v) is 17.6. The van der Waals surface area contributed by atoms with Crippen LogP contribution in [0.15, 0.2) is 0 Å². The van der Waals surface area contributed by atoms with Gasteiger partial charge in [0.15, 0.2) is 0 Å². The molecule has 4 atom stereocenters. The van der Waals surface area contributed by atoms with Crippen LogP contribution in [0.3, 0.4) is 0 Å². The molecule has 0 heterocycles. The van der Waals surface area contributed by atoms with Crippen molar-refractivity contribution in [2.45, 2.75) is 66.2 Å². The Bertz CT molecular complexity index is 564. The first-order chi connectivity index (χ1) is 13.8. The zero-order valence-electron chi connectivity index (χ0n) is 18.1. The van der Waals surface area contributed by atoms with Crippen molar-refractivity contribution in [2.75, 3.05) is 0 Å². The van der Waals surface area contributed by atoms with Crippen LogP contribution < -0.4 is 0 Å². The summed E-state index contributed by atoms with van der Waals surface area (Å²) in [6.07, 6.45) is 17.9. The predicted molar refractivity (Wildman–Crippen MR) is 118 cm³/mol. The number of hydrogen-bond donors (Lipinski definition) is 0. The quantitative estimate of drug-likeness (QED) is 0.370. The van der Waals surface area contributed by atoms with Gasteiger partial charge in [-0.25, -0.2) is 0 Å². The molecule has 0 saturated heterocycles. The molecule has 0 amide bonds.